The second-order valence-electron chi connectivity index (χ2n) is 6.06. The van der Waals surface area contributed by atoms with Crippen LogP contribution in [0, 0.1) is 6.92 Å². The summed E-state index contributed by atoms with van der Waals surface area (Å²) in [6.07, 6.45) is 4.03. The van der Waals surface area contributed by atoms with E-state index in [4.69, 9.17) is 0 Å². The molecule has 0 aromatic carbocycles. The van der Waals surface area contributed by atoms with Crippen molar-refractivity contribution < 1.29 is 4.79 Å². The van der Waals surface area contributed by atoms with Crippen LogP contribution in [0.1, 0.15) is 34.6 Å². The molecule has 1 aliphatic rings. The number of nitrogens with one attached hydrogen (secondary N) is 1. The van der Waals surface area contributed by atoms with Gasteiger partial charge in [0, 0.05) is 38.8 Å². The topological polar surface area (TPSA) is 74.2 Å². The Balaban J connectivity index is 1.61. The number of rotatable bonds is 5. The molecule has 0 bridgehead atoms. The fourth-order valence-corrected chi connectivity index (χ4v) is 3.47. The maximum atomic E-state index is 12.3. The maximum absolute atomic E-state index is 12.3. The van der Waals surface area contributed by atoms with Crippen molar-refractivity contribution in [3.8, 4) is 0 Å². The number of carbonyl (C=O) groups is 1. The molecule has 128 valence electrons. The van der Waals surface area contributed by atoms with E-state index in [1.54, 1.807) is 17.5 Å². The summed E-state index contributed by atoms with van der Waals surface area (Å²) >= 11 is 1.64. The van der Waals surface area contributed by atoms with Gasteiger partial charge in [0.15, 0.2) is 5.13 Å². The van der Waals surface area contributed by atoms with E-state index >= 15 is 0 Å². The molecule has 1 amide bonds. The largest absolute Gasteiger partial charge is 0.348 e. The van der Waals surface area contributed by atoms with Gasteiger partial charge < -0.3 is 15.1 Å². The second kappa shape index (κ2) is 7.12. The summed E-state index contributed by atoms with van der Waals surface area (Å²) in [7, 11) is 3.74. The van der Waals surface area contributed by atoms with E-state index in [-0.39, 0.29) is 5.91 Å². The lowest BCUT2D eigenvalue weighted by molar-refractivity contribution is 0.0949. The molecule has 7 nitrogen and oxygen atoms in total. The normalized spacial score (nSPS) is 14.0. The van der Waals surface area contributed by atoms with Crippen molar-refractivity contribution in [2.45, 2.75) is 26.3 Å². The Morgan fingerprint density at radius 2 is 2.08 bits per heavy atom. The zero-order valence-corrected chi connectivity index (χ0v) is 15.1. The number of nitrogens with zero attached hydrogens (tertiary/aromatic N) is 5. The average Bonchev–Trinajstić information content (AvgIpc) is 3.23. The van der Waals surface area contributed by atoms with Crippen LogP contribution in [0.4, 0.5) is 11.1 Å². The predicted molar refractivity (Wildman–Crippen MR) is 95.8 cm³/mol. The number of hydrogen-bond donors (Lipinski definition) is 1. The Kier molecular flexibility index (Phi) is 4.94. The Hall–Kier alpha value is -2.22. The van der Waals surface area contributed by atoms with E-state index in [1.807, 2.05) is 31.3 Å². The number of aromatic nitrogens is 3. The van der Waals surface area contributed by atoms with Crippen LogP contribution in [0.25, 0.3) is 0 Å². The van der Waals surface area contributed by atoms with Gasteiger partial charge in [-0.25, -0.2) is 15.0 Å². The average molecular weight is 346 g/mol. The van der Waals surface area contributed by atoms with Crippen molar-refractivity contribution >= 4 is 28.3 Å². The smallest absolute Gasteiger partial charge is 0.255 e. The summed E-state index contributed by atoms with van der Waals surface area (Å²) in [5, 5.41) is 5.96. The van der Waals surface area contributed by atoms with E-state index in [0.717, 1.165) is 23.9 Å². The van der Waals surface area contributed by atoms with E-state index < -0.39 is 0 Å². The van der Waals surface area contributed by atoms with Gasteiger partial charge in [-0.1, -0.05) is 0 Å². The first-order chi connectivity index (χ1) is 11.5. The van der Waals surface area contributed by atoms with Crippen LogP contribution >= 0.6 is 11.3 Å². The highest BCUT2D eigenvalue weighted by Gasteiger charge is 2.16. The zero-order chi connectivity index (χ0) is 17.1. The second-order valence-corrected chi connectivity index (χ2v) is 6.90. The Labute approximate surface area is 145 Å². The molecule has 3 heterocycles. The van der Waals surface area contributed by atoms with E-state index in [0.29, 0.717) is 23.8 Å². The third kappa shape index (κ3) is 3.64. The maximum Gasteiger partial charge on any atom is 0.255 e. The van der Waals surface area contributed by atoms with E-state index in [1.165, 1.54) is 12.8 Å². The minimum atomic E-state index is -0.173. The number of amides is 1. The molecule has 1 N–H and O–H groups in total. The summed E-state index contributed by atoms with van der Waals surface area (Å²) in [5.41, 5.74) is 2.05. The first-order valence-corrected chi connectivity index (χ1v) is 8.91. The molecule has 1 fully saturated rings. The first-order valence-electron chi connectivity index (χ1n) is 8.03. The van der Waals surface area contributed by atoms with Gasteiger partial charge in [0.05, 0.1) is 23.5 Å². The van der Waals surface area contributed by atoms with Crippen LogP contribution in [0.2, 0.25) is 0 Å². The van der Waals surface area contributed by atoms with Gasteiger partial charge in [-0.05, 0) is 19.8 Å². The highest BCUT2D eigenvalue weighted by atomic mass is 32.1. The fourth-order valence-electron chi connectivity index (χ4n) is 2.59. The molecule has 24 heavy (non-hydrogen) atoms. The third-order valence-corrected chi connectivity index (χ3v) is 4.91. The lowest BCUT2D eigenvalue weighted by Gasteiger charge is -2.12. The van der Waals surface area contributed by atoms with E-state index in [9.17, 15) is 4.79 Å². The molecule has 0 saturated carbocycles. The summed E-state index contributed by atoms with van der Waals surface area (Å²) in [4.78, 5) is 29.6. The summed E-state index contributed by atoms with van der Waals surface area (Å²) in [6.45, 7) is 4.39. The molecular weight excluding hydrogens is 324 g/mol. The van der Waals surface area contributed by atoms with Crippen molar-refractivity contribution in [2.24, 2.45) is 0 Å². The molecule has 0 aliphatic carbocycles. The van der Waals surface area contributed by atoms with Gasteiger partial charge >= 0.3 is 0 Å². The van der Waals surface area contributed by atoms with Crippen molar-refractivity contribution in [1.29, 1.82) is 0 Å². The highest BCUT2D eigenvalue weighted by Crippen LogP contribution is 2.24. The SMILES string of the molecule is Cc1nc(N(C)C)ncc1C(=O)NCc1csc(N2CCCC2)n1. The highest BCUT2D eigenvalue weighted by molar-refractivity contribution is 7.13. The number of aryl methyl sites for hydroxylation is 1. The Bertz CT molecular complexity index is 723. The lowest BCUT2D eigenvalue weighted by Crippen LogP contribution is -2.25. The molecule has 0 atom stereocenters. The zero-order valence-electron chi connectivity index (χ0n) is 14.2. The van der Waals surface area contributed by atoms with Crippen molar-refractivity contribution in [3.63, 3.8) is 0 Å². The summed E-state index contributed by atoms with van der Waals surface area (Å²) in [6, 6.07) is 0. The van der Waals surface area contributed by atoms with Gasteiger partial charge in [0.25, 0.3) is 5.91 Å². The van der Waals surface area contributed by atoms with Crippen LogP contribution in [-0.4, -0.2) is 48.0 Å². The van der Waals surface area contributed by atoms with E-state index in [2.05, 4.69) is 25.2 Å². The van der Waals surface area contributed by atoms with Crippen molar-refractivity contribution in [1.82, 2.24) is 20.3 Å². The number of hydrogen-bond acceptors (Lipinski definition) is 7. The molecule has 0 spiro atoms. The molecule has 3 rings (SSSR count). The van der Waals surface area contributed by atoms with Gasteiger partial charge in [0.2, 0.25) is 5.95 Å². The van der Waals surface area contributed by atoms with Crippen LogP contribution < -0.4 is 15.1 Å². The quantitative estimate of drug-likeness (QED) is 0.890. The number of carbonyl (C=O) groups excluding carboxylic acids is 1. The minimum Gasteiger partial charge on any atom is -0.348 e. The molecule has 0 radical (unpaired) electrons. The molecular formula is C16H22N6OS. The first kappa shape index (κ1) is 16.6. The van der Waals surface area contributed by atoms with Crippen LogP contribution in [-0.2, 0) is 6.54 Å². The monoisotopic (exact) mass is 346 g/mol. The van der Waals surface area contributed by atoms with Gasteiger partial charge in [-0.15, -0.1) is 11.3 Å². The number of anilines is 2. The van der Waals surface area contributed by atoms with Crippen LogP contribution in [0.3, 0.4) is 0 Å². The predicted octanol–water partition coefficient (Wildman–Crippen LogP) is 1.84. The fraction of sp³-hybridized carbons (Fsp3) is 0.500. The standard InChI is InChI=1S/C16H22N6OS/c1-11-13(9-18-15(19-11)21(2)3)14(23)17-8-12-10-24-16(20-12)22-6-4-5-7-22/h9-10H,4-8H2,1-3H3,(H,17,23). The molecule has 2 aromatic rings. The van der Waals surface area contributed by atoms with Crippen molar-refractivity contribution in [2.75, 3.05) is 37.0 Å². The van der Waals surface area contributed by atoms with Gasteiger partial charge in [-0.3, -0.25) is 4.79 Å². The molecule has 8 heteroatoms. The Morgan fingerprint density at radius 3 is 2.75 bits per heavy atom. The minimum absolute atomic E-state index is 0.173. The Morgan fingerprint density at radius 1 is 1.33 bits per heavy atom. The lowest BCUT2D eigenvalue weighted by atomic mass is 10.2. The molecule has 1 aliphatic heterocycles. The number of thiazole rings is 1. The summed E-state index contributed by atoms with van der Waals surface area (Å²) in [5.74, 6) is 0.423. The van der Waals surface area contributed by atoms with Crippen LogP contribution in [0.5, 0.6) is 0 Å². The van der Waals surface area contributed by atoms with Crippen molar-refractivity contribution in [3.05, 3.63) is 28.5 Å². The van der Waals surface area contributed by atoms with Gasteiger partial charge in [0.1, 0.15) is 0 Å². The molecule has 2 aromatic heterocycles. The van der Waals surface area contributed by atoms with Crippen LogP contribution in [0.15, 0.2) is 11.6 Å². The molecule has 1 saturated heterocycles. The van der Waals surface area contributed by atoms with Gasteiger partial charge in [-0.2, -0.15) is 0 Å². The summed E-state index contributed by atoms with van der Waals surface area (Å²) < 4.78 is 0. The molecule has 0 unspecified atom stereocenters. The third-order valence-electron chi connectivity index (χ3n) is 3.96.